The molecule has 0 amide bonds. The molecule has 346 valence electrons. The highest BCUT2D eigenvalue weighted by atomic mass is 19.4. The molecular weight excluding hydrogens is 933 g/mol. The minimum absolute atomic E-state index is 0.0461. The van der Waals surface area contributed by atoms with Crippen LogP contribution in [-0.2, 0) is 24.7 Å². The number of aromatic nitrogens is 2. The topological polar surface area (TPSA) is 57.4 Å². The summed E-state index contributed by atoms with van der Waals surface area (Å²) in [5, 5.41) is 22.7. The van der Waals surface area contributed by atoms with E-state index < -0.39 is 47.0 Å². The molecule has 0 radical (unpaired) electrons. The molecular formula is C54H26F12N4. The number of para-hydroxylation sites is 2. The molecule has 4 nitrogen and oxygen atoms in total. The minimum Gasteiger partial charge on any atom is -0.308 e. The average Bonchev–Trinajstić information content (AvgIpc) is 3.84. The fourth-order valence-electron chi connectivity index (χ4n) is 9.14. The molecule has 0 aliphatic heterocycles. The number of benzene rings is 8. The van der Waals surface area contributed by atoms with Crippen LogP contribution in [0.4, 0.5) is 52.7 Å². The van der Waals surface area contributed by atoms with Gasteiger partial charge in [0.15, 0.2) is 0 Å². The summed E-state index contributed by atoms with van der Waals surface area (Å²) in [5.41, 5.74) is -2.70. The summed E-state index contributed by atoms with van der Waals surface area (Å²) in [6.07, 6.45) is -20.4. The number of rotatable bonds is 5. The van der Waals surface area contributed by atoms with Crippen LogP contribution in [0.1, 0.15) is 33.4 Å². The third kappa shape index (κ3) is 7.81. The molecule has 2 aromatic heterocycles. The van der Waals surface area contributed by atoms with E-state index in [0.717, 1.165) is 0 Å². The molecule has 8 aromatic carbocycles. The number of halogens is 12. The normalized spacial score (nSPS) is 12.5. The Morgan fingerprint density at radius 1 is 0.314 bits per heavy atom. The van der Waals surface area contributed by atoms with Gasteiger partial charge in [0.25, 0.3) is 0 Å². The maximum Gasteiger partial charge on any atom is 0.416 e. The van der Waals surface area contributed by atoms with Crippen LogP contribution in [0.3, 0.4) is 0 Å². The van der Waals surface area contributed by atoms with Gasteiger partial charge in [-0.2, -0.15) is 63.2 Å². The summed E-state index contributed by atoms with van der Waals surface area (Å²) in [7, 11) is 0. The Balaban J connectivity index is 1.27. The molecule has 0 bridgehead atoms. The lowest BCUT2D eigenvalue weighted by atomic mass is 9.96. The van der Waals surface area contributed by atoms with E-state index in [9.17, 15) is 63.2 Å². The van der Waals surface area contributed by atoms with Gasteiger partial charge < -0.3 is 9.13 Å². The van der Waals surface area contributed by atoms with Crippen molar-refractivity contribution in [1.29, 1.82) is 10.5 Å². The Kier molecular flexibility index (Phi) is 10.4. The van der Waals surface area contributed by atoms with Crippen LogP contribution < -0.4 is 0 Å². The largest absolute Gasteiger partial charge is 0.416 e. The highest BCUT2D eigenvalue weighted by Gasteiger charge is 2.39. The first-order valence-corrected chi connectivity index (χ1v) is 20.9. The Hall–Kier alpha value is -8.50. The molecule has 16 heteroatoms. The van der Waals surface area contributed by atoms with Crippen LogP contribution >= 0.6 is 0 Å². The number of hydrogen-bond donors (Lipinski definition) is 0. The van der Waals surface area contributed by atoms with Gasteiger partial charge in [0.1, 0.15) is 0 Å². The second-order valence-electron chi connectivity index (χ2n) is 16.5. The predicted molar refractivity (Wildman–Crippen MR) is 241 cm³/mol. The van der Waals surface area contributed by atoms with Crippen LogP contribution in [0.15, 0.2) is 158 Å². The maximum atomic E-state index is 14.0. The van der Waals surface area contributed by atoms with Gasteiger partial charge in [0, 0.05) is 27.1 Å². The molecule has 0 N–H and O–H groups in total. The first-order chi connectivity index (χ1) is 33.1. The smallest absolute Gasteiger partial charge is 0.308 e. The van der Waals surface area contributed by atoms with Crippen molar-refractivity contribution in [2.45, 2.75) is 24.7 Å². The molecule has 10 aromatic rings. The Labute approximate surface area is 387 Å². The number of nitrogens with zero attached hydrogens (tertiary/aromatic N) is 4. The van der Waals surface area contributed by atoms with Gasteiger partial charge in [-0.1, -0.05) is 60.7 Å². The van der Waals surface area contributed by atoms with E-state index in [1.165, 1.54) is 24.3 Å². The van der Waals surface area contributed by atoms with Gasteiger partial charge in [-0.15, -0.1) is 0 Å². The SMILES string of the molecule is N#Cc1cccc(-c2c(-n3c4ccccc4c4cc(-c5cc(C(F)(F)F)cc(C(F)(F)F)c5)ccc43)cc(C#N)cc2-n2c3ccccc3c3cc(-c4cc(C(F)(F)F)cc(C(F)(F)F)c4)ccc32)c1. The van der Waals surface area contributed by atoms with Crippen molar-refractivity contribution in [3.63, 3.8) is 0 Å². The van der Waals surface area contributed by atoms with E-state index >= 15 is 0 Å². The molecule has 0 fully saturated rings. The lowest BCUT2D eigenvalue weighted by Crippen LogP contribution is -2.11. The number of fused-ring (bicyclic) bond motifs is 6. The summed E-state index contributed by atoms with van der Waals surface area (Å²) in [6, 6.07) is 39.4. The molecule has 0 aliphatic rings. The molecule has 0 aliphatic carbocycles. The Morgan fingerprint density at radius 2 is 0.700 bits per heavy atom. The van der Waals surface area contributed by atoms with E-state index in [2.05, 4.69) is 12.1 Å². The van der Waals surface area contributed by atoms with Crippen LogP contribution in [0, 0.1) is 22.7 Å². The molecule has 0 saturated heterocycles. The lowest BCUT2D eigenvalue weighted by Gasteiger charge is -2.21. The molecule has 2 heterocycles. The monoisotopic (exact) mass is 958 g/mol. The van der Waals surface area contributed by atoms with Gasteiger partial charge in [-0.05, 0) is 125 Å². The van der Waals surface area contributed by atoms with Crippen molar-refractivity contribution >= 4 is 43.6 Å². The number of hydrogen-bond acceptors (Lipinski definition) is 2. The molecule has 0 atom stereocenters. The number of alkyl halides is 12. The molecule has 0 unspecified atom stereocenters. The quantitative estimate of drug-likeness (QED) is 0.161. The van der Waals surface area contributed by atoms with Gasteiger partial charge in [-0.3, -0.25) is 0 Å². The van der Waals surface area contributed by atoms with Crippen LogP contribution in [0.25, 0.3) is 88.4 Å². The summed E-state index contributed by atoms with van der Waals surface area (Å²) in [6.45, 7) is 0. The van der Waals surface area contributed by atoms with Crippen LogP contribution in [-0.4, -0.2) is 9.13 Å². The van der Waals surface area contributed by atoms with Gasteiger partial charge in [0.2, 0.25) is 0 Å². The zero-order chi connectivity index (χ0) is 49.7. The predicted octanol–water partition coefficient (Wildman–Crippen LogP) is 16.7. The minimum atomic E-state index is -5.10. The standard InChI is InChI=1S/C54H26F12N4/c55-51(56,57)36-19-34(20-37(25-36)52(58,59)60)31-12-14-46-42(23-31)40-8-1-3-10-44(40)69(46)48-17-30(28-68)18-49(50(48)33-7-5-6-29(16-33)27-67)70-45-11-4-2-9-41(45)43-24-32(13-15-47(43)70)35-21-38(53(61,62)63)26-39(22-35)54(64,65)66/h1-26H. The van der Waals surface area contributed by atoms with Crippen molar-refractivity contribution in [3.8, 4) is 56.9 Å². The van der Waals surface area contributed by atoms with Crippen molar-refractivity contribution in [3.05, 3.63) is 191 Å². The van der Waals surface area contributed by atoms with Crippen LogP contribution in [0.2, 0.25) is 0 Å². The molecule has 70 heavy (non-hydrogen) atoms. The average molecular weight is 959 g/mol. The van der Waals surface area contributed by atoms with E-state index in [4.69, 9.17) is 0 Å². The Bertz CT molecular complexity index is 3590. The first kappa shape index (κ1) is 45.3. The van der Waals surface area contributed by atoms with Crippen molar-refractivity contribution < 1.29 is 52.7 Å². The highest BCUT2D eigenvalue weighted by Crippen LogP contribution is 2.46. The van der Waals surface area contributed by atoms with Gasteiger partial charge >= 0.3 is 24.7 Å². The molecule has 0 spiro atoms. The second-order valence-corrected chi connectivity index (χ2v) is 16.5. The second kappa shape index (κ2) is 16.1. The highest BCUT2D eigenvalue weighted by molar-refractivity contribution is 6.13. The van der Waals surface area contributed by atoms with Crippen molar-refractivity contribution in [2.24, 2.45) is 0 Å². The van der Waals surface area contributed by atoms with E-state index in [0.29, 0.717) is 90.4 Å². The van der Waals surface area contributed by atoms with E-state index in [1.807, 2.05) is 0 Å². The molecule has 0 saturated carbocycles. The van der Waals surface area contributed by atoms with Crippen molar-refractivity contribution in [1.82, 2.24) is 9.13 Å². The third-order valence-corrected chi connectivity index (χ3v) is 12.2. The zero-order valence-electron chi connectivity index (χ0n) is 35.3. The first-order valence-electron chi connectivity index (χ1n) is 20.9. The fraction of sp³-hybridized carbons (Fsp3) is 0.0741. The fourth-order valence-corrected chi connectivity index (χ4v) is 9.14. The summed E-state index contributed by atoms with van der Waals surface area (Å²) < 4.78 is 172. The van der Waals surface area contributed by atoms with Gasteiger partial charge in [-0.25, -0.2) is 0 Å². The van der Waals surface area contributed by atoms with Gasteiger partial charge in [0.05, 0.1) is 79.0 Å². The van der Waals surface area contributed by atoms with Crippen LogP contribution in [0.5, 0.6) is 0 Å². The lowest BCUT2D eigenvalue weighted by molar-refractivity contribution is -0.144. The third-order valence-electron chi connectivity index (χ3n) is 12.2. The number of nitriles is 2. The summed E-state index contributed by atoms with van der Waals surface area (Å²) in [4.78, 5) is 0. The zero-order valence-corrected chi connectivity index (χ0v) is 35.3. The van der Waals surface area contributed by atoms with E-state index in [1.54, 1.807) is 106 Å². The van der Waals surface area contributed by atoms with Crippen molar-refractivity contribution in [2.75, 3.05) is 0 Å². The maximum absolute atomic E-state index is 14.0. The van der Waals surface area contributed by atoms with E-state index in [-0.39, 0.29) is 45.5 Å². The summed E-state index contributed by atoms with van der Waals surface area (Å²) in [5.74, 6) is 0. The Morgan fingerprint density at radius 3 is 1.09 bits per heavy atom. The summed E-state index contributed by atoms with van der Waals surface area (Å²) >= 11 is 0. The molecule has 10 rings (SSSR count).